The molecular formula is C16H31O2. The summed E-state index contributed by atoms with van der Waals surface area (Å²) in [6.45, 7) is 2.26. The van der Waals surface area contributed by atoms with Gasteiger partial charge >= 0.3 is 0 Å². The van der Waals surface area contributed by atoms with Gasteiger partial charge in [-0.3, -0.25) is 4.79 Å². The Labute approximate surface area is 113 Å². The molecule has 1 atom stereocenters. The average Bonchev–Trinajstić information content (AvgIpc) is 2.39. The molecule has 2 heteroatoms. The lowest BCUT2D eigenvalue weighted by atomic mass is 10.0. The van der Waals surface area contributed by atoms with Crippen molar-refractivity contribution in [3.8, 4) is 0 Å². The highest BCUT2D eigenvalue weighted by atomic mass is 16.3. The van der Waals surface area contributed by atoms with Crippen molar-refractivity contribution in [2.45, 2.75) is 96.5 Å². The average molecular weight is 255 g/mol. The first-order valence-corrected chi connectivity index (χ1v) is 7.87. The number of aliphatic hydroxyl groups is 1. The zero-order chi connectivity index (χ0) is 13.5. The molecule has 0 aliphatic rings. The zero-order valence-corrected chi connectivity index (χ0v) is 12.1. The van der Waals surface area contributed by atoms with E-state index in [2.05, 4.69) is 6.92 Å². The van der Waals surface area contributed by atoms with Crippen LogP contribution >= 0.6 is 0 Å². The highest BCUT2D eigenvalue weighted by Gasteiger charge is 2.01. The van der Waals surface area contributed by atoms with Gasteiger partial charge in [0, 0.05) is 0 Å². The Bertz CT molecular complexity index is 168. The smallest absolute Gasteiger partial charge is 0.229 e. The molecule has 0 aliphatic carbocycles. The van der Waals surface area contributed by atoms with Gasteiger partial charge in [-0.2, -0.15) is 0 Å². The SMILES string of the molecule is CCCCCCCCCCCCCC[C@@H](O)[C]=O. The van der Waals surface area contributed by atoms with E-state index < -0.39 is 6.10 Å². The summed E-state index contributed by atoms with van der Waals surface area (Å²) in [5.41, 5.74) is 0. The fourth-order valence-corrected chi connectivity index (χ4v) is 2.24. The van der Waals surface area contributed by atoms with E-state index in [4.69, 9.17) is 5.11 Å². The van der Waals surface area contributed by atoms with Crippen LogP contribution < -0.4 is 0 Å². The van der Waals surface area contributed by atoms with Crippen LogP contribution in [0.2, 0.25) is 0 Å². The normalized spacial score (nSPS) is 12.6. The van der Waals surface area contributed by atoms with E-state index in [0.717, 1.165) is 12.8 Å². The van der Waals surface area contributed by atoms with Crippen LogP contribution in [0, 0.1) is 0 Å². The van der Waals surface area contributed by atoms with Gasteiger partial charge in [0.05, 0.1) is 0 Å². The third kappa shape index (κ3) is 13.7. The first kappa shape index (κ1) is 17.6. The predicted molar refractivity (Wildman–Crippen MR) is 77.4 cm³/mol. The Morgan fingerprint density at radius 1 is 0.778 bits per heavy atom. The van der Waals surface area contributed by atoms with Crippen molar-refractivity contribution < 1.29 is 9.90 Å². The molecule has 1 radical (unpaired) electrons. The first-order chi connectivity index (χ1) is 8.81. The number of unbranched alkanes of at least 4 members (excludes halogenated alkanes) is 11. The van der Waals surface area contributed by atoms with Crippen molar-refractivity contribution >= 4 is 6.29 Å². The molecule has 0 aromatic carbocycles. The second-order valence-electron chi connectivity index (χ2n) is 5.31. The molecule has 0 fully saturated rings. The number of rotatable bonds is 14. The molecular weight excluding hydrogens is 224 g/mol. The Morgan fingerprint density at radius 2 is 1.17 bits per heavy atom. The molecule has 0 bridgehead atoms. The summed E-state index contributed by atoms with van der Waals surface area (Å²) in [6, 6.07) is 0. The van der Waals surface area contributed by atoms with Crippen LogP contribution in [0.4, 0.5) is 0 Å². The van der Waals surface area contributed by atoms with E-state index >= 15 is 0 Å². The molecule has 18 heavy (non-hydrogen) atoms. The number of aliphatic hydroxyl groups excluding tert-OH is 1. The van der Waals surface area contributed by atoms with Gasteiger partial charge in [-0.05, 0) is 6.42 Å². The predicted octanol–water partition coefficient (Wildman–Crippen LogP) is 4.55. The molecule has 0 saturated heterocycles. The molecule has 0 saturated carbocycles. The van der Waals surface area contributed by atoms with E-state index in [-0.39, 0.29) is 0 Å². The summed E-state index contributed by atoms with van der Waals surface area (Å²) in [4.78, 5) is 10.1. The topological polar surface area (TPSA) is 37.3 Å². The van der Waals surface area contributed by atoms with Crippen LogP contribution in [0.3, 0.4) is 0 Å². The van der Waals surface area contributed by atoms with Gasteiger partial charge in [-0.1, -0.05) is 84.0 Å². The molecule has 0 aromatic rings. The highest BCUT2D eigenvalue weighted by Crippen LogP contribution is 2.12. The second-order valence-corrected chi connectivity index (χ2v) is 5.31. The maximum absolute atomic E-state index is 10.1. The third-order valence-corrected chi connectivity index (χ3v) is 3.47. The molecule has 1 N–H and O–H groups in total. The minimum Gasteiger partial charge on any atom is -0.385 e. The maximum atomic E-state index is 10.1. The van der Waals surface area contributed by atoms with Gasteiger partial charge in [0.2, 0.25) is 6.29 Å². The maximum Gasteiger partial charge on any atom is 0.229 e. The molecule has 0 aromatic heterocycles. The Balaban J connectivity index is 2.96. The molecule has 0 unspecified atom stereocenters. The monoisotopic (exact) mass is 255 g/mol. The number of hydrogen-bond acceptors (Lipinski definition) is 2. The van der Waals surface area contributed by atoms with E-state index in [1.54, 1.807) is 6.29 Å². The standard InChI is InChI=1S/C16H31O2/c1-2-3-4-5-6-7-8-9-10-11-12-13-14-16(18)15-17/h16,18H,2-14H2,1H3/t16-/m1/s1. The summed E-state index contributed by atoms with van der Waals surface area (Å²) in [6.07, 6.45) is 17.0. The van der Waals surface area contributed by atoms with Gasteiger partial charge in [-0.15, -0.1) is 0 Å². The van der Waals surface area contributed by atoms with Crippen LogP contribution in [0.5, 0.6) is 0 Å². The van der Waals surface area contributed by atoms with Crippen molar-refractivity contribution in [3.63, 3.8) is 0 Å². The van der Waals surface area contributed by atoms with Crippen molar-refractivity contribution in [2.24, 2.45) is 0 Å². The fraction of sp³-hybridized carbons (Fsp3) is 0.938. The molecule has 0 aliphatic heterocycles. The van der Waals surface area contributed by atoms with Gasteiger partial charge in [0.15, 0.2) is 0 Å². The van der Waals surface area contributed by atoms with Gasteiger partial charge in [0.25, 0.3) is 0 Å². The van der Waals surface area contributed by atoms with E-state index in [1.165, 1.54) is 64.2 Å². The summed E-state index contributed by atoms with van der Waals surface area (Å²) < 4.78 is 0. The van der Waals surface area contributed by atoms with Crippen LogP contribution in [0.15, 0.2) is 0 Å². The summed E-state index contributed by atoms with van der Waals surface area (Å²) in [5.74, 6) is 0. The van der Waals surface area contributed by atoms with Crippen molar-refractivity contribution in [3.05, 3.63) is 0 Å². The molecule has 0 spiro atoms. The van der Waals surface area contributed by atoms with Crippen molar-refractivity contribution in [1.82, 2.24) is 0 Å². The fourth-order valence-electron chi connectivity index (χ4n) is 2.24. The Morgan fingerprint density at radius 3 is 1.56 bits per heavy atom. The van der Waals surface area contributed by atoms with Gasteiger partial charge < -0.3 is 5.11 Å². The van der Waals surface area contributed by atoms with Crippen LogP contribution in [-0.2, 0) is 4.79 Å². The van der Waals surface area contributed by atoms with E-state index in [0.29, 0.717) is 6.42 Å². The molecule has 0 amide bonds. The number of carbonyl (C=O) groups excluding carboxylic acids is 1. The third-order valence-electron chi connectivity index (χ3n) is 3.47. The van der Waals surface area contributed by atoms with Gasteiger partial charge in [0.1, 0.15) is 6.10 Å². The Kier molecular flexibility index (Phi) is 14.4. The van der Waals surface area contributed by atoms with Crippen molar-refractivity contribution in [2.75, 3.05) is 0 Å². The van der Waals surface area contributed by atoms with E-state index in [1.807, 2.05) is 0 Å². The molecule has 107 valence electrons. The quantitative estimate of drug-likeness (QED) is 0.462. The van der Waals surface area contributed by atoms with Crippen LogP contribution in [0.25, 0.3) is 0 Å². The second kappa shape index (κ2) is 14.7. The molecule has 2 nitrogen and oxygen atoms in total. The van der Waals surface area contributed by atoms with Gasteiger partial charge in [-0.25, -0.2) is 0 Å². The van der Waals surface area contributed by atoms with Crippen LogP contribution in [-0.4, -0.2) is 17.5 Å². The number of hydrogen-bond donors (Lipinski definition) is 1. The summed E-state index contributed by atoms with van der Waals surface area (Å²) >= 11 is 0. The first-order valence-electron chi connectivity index (χ1n) is 7.87. The lowest BCUT2D eigenvalue weighted by Crippen LogP contribution is -2.06. The lowest BCUT2D eigenvalue weighted by molar-refractivity contribution is 0.219. The molecule has 0 rings (SSSR count). The Hall–Kier alpha value is -0.370. The van der Waals surface area contributed by atoms with Crippen molar-refractivity contribution in [1.29, 1.82) is 0 Å². The highest BCUT2D eigenvalue weighted by molar-refractivity contribution is 5.56. The lowest BCUT2D eigenvalue weighted by Gasteiger charge is -2.03. The largest absolute Gasteiger partial charge is 0.385 e. The minimum atomic E-state index is -0.854. The van der Waals surface area contributed by atoms with Crippen LogP contribution in [0.1, 0.15) is 90.4 Å². The summed E-state index contributed by atoms with van der Waals surface area (Å²) in [7, 11) is 0. The van der Waals surface area contributed by atoms with E-state index in [9.17, 15) is 4.79 Å². The minimum absolute atomic E-state index is 0.584. The molecule has 0 heterocycles. The zero-order valence-electron chi connectivity index (χ0n) is 12.1. The summed E-state index contributed by atoms with van der Waals surface area (Å²) in [5, 5.41) is 9.00.